The summed E-state index contributed by atoms with van der Waals surface area (Å²) in [5.41, 5.74) is 3.22. The third-order valence-corrected chi connectivity index (χ3v) is 5.73. The van der Waals surface area contributed by atoms with Crippen molar-refractivity contribution in [3.63, 3.8) is 0 Å². The molecule has 4 aromatic heterocycles. The highest BCUT2D eigenvalue weighted by Crippen LogP contribution is 2.33. The Kier molecular flexibility index (Phi) is 6.07. The molecule has 4 N–H and O–H groups in total. The number of ether oxygens (including phenoxy) is 1. The van der Waals surface area contributed by atoms with E-state index in [1.165, 1.54) is 17.9 Å². The molecule has 1 fully saturated rings. The Morgan fingerprint density at radius 2 is 2.03 bits per heavy atom. The zero-order valence-electron chi connectivity index (χ0n) is 19.0. The van der Waals surface area contributed by atoms with Crippen LogP contribution < -0.4 is 10.6 Å². The molecule has 0 aromatic carbocycles. The lowest BCUT2D eigenvalue weighted by Gasteiger charge is -2.17. The summed E-state index contributed by atoms with van der Waals surface area (Å²) in [7, 11) is 1.43. The number of aromatic nitrogens is 6. The van der Waals surface area contributed by atoms with E-state index in [1.54, 1.807) is 18.6 Å². The summed E-state index contributed by atoms with van der Waals surface area (Å²) in [6.45, 7) is 2.31. The second-order valence-corrected chi connectivity index (χ2v) is 8.19. The number of anilines is 1. The maximum Gasteiger partial charge on any atom is 0.251 e. The lowest BCUT2D eigenvalue weighted by Crippen LogP contribution is -2.41. The highest BCUT2D eigenvalue weighted by molar-refractivity contribution is 5.85. The molecule has 0 aliphatic carbocycles. The van der Waals surface area contributed by atoms with Crippen molar-refractivity contribution >= 4 is 22.9 Å². The van der Waals surface area contributed by atoms with Gasteiger partial charge in [-0.25, -0.2) is 15.0 Å². The molecule has 12 nitrogen and oxygen atoms in total. The van der Waals surface area contributed by atoms with Gasteiger partial charge in [0.05, 0.1) is 18.6 Å². The van der Waals surface area contributed by atoms with Crippen LogP contribution in [0.2, 0.25) is 0 Å². The second-order valence-electron chi connectivity index (χ2n) is 8.19. The van der Waals surface area contributed by atoms with Crippen LogP contribution in [0.15, 0.2) is 49.2 Å². The molecule has 180 valence electrons. The maximum atomic E-state index is 12.1. The lowest BCUT2D eigenvalue weighted by atomic mass is 10.1. The fraction of sp³-hybridized carbons (Fsp3) is 0.304. The van der Waals surface area contributed by atoms with Gasteiger partial charge in [-0.3, -0.25) is 19.3 Å². The van der Waals surface area contributed by atoms with Gasteiger partial charge in [-0.05, 0) is 30.7 Å². The number of rotatable bonds is 6. The van der Waals surface area contributed by atoms with Gasteiger partial charge in [0.1, 0.15) is 12.2 Å². The average Bonchev–Trinajstić information content (AvgIpc) is 3.43. The molecule has 4 atom stereocenters. The number of aliphatic hydroxyl groups is 2. The quantitative estimate of drug-likeness (QED) is 0.310. The molecule has 4 aromatic rings. The number of aliphatic hydroxyl groups excluding tert-OH is 2. The number of nitrogens with zero attached hydrogens (tertiary/aromatic N) is 6. The number of amides is 1. The van der Waals surface area contributed by atoms with Crippen LogP contribution in [-0.2, 0) is 16.1 Å². The number of imidazole rings is 1. The Balaban J connectivity index is 1.58. The third-order valence-electron chi connectivity index (χ3n) is 5.73. The van der Waals surface area contributed by atoms with Gasteiger partial charge in [0.25, 0.3) is 5.91 Å². The van der Waals surface area contributed by atoms with Crippen LogP contribution in [0.5, 0.6) is 0 Å². The molecule has 12 heteroatoms. The first kappa shape index (κ1) is 22.8. The molecule has 1 saturated heterocycles. The molecule has 0 bridgehead atoms. The molecule has 0 radical (unpaired) electrons. The van der Waals surface area contributed by atoms with E-state index in [0.29, 0.717) is 34.9 Å². The van der Waals surface area contributed by atoms with Crippen LogP contribution in [-0.4, -0.2) is 71.0 Å². The van der Waals surface area contributed by atoms with Crippen LogP contribution >= 0.6 is 0 Å². The van der Waals surface area contributed by atoms with Crippen LogP contribution in [0, 0.1) is 6.92 Å². The normalized spacial score (nSPS) is 21.8. The molecule has 1 aliphatic rings. The number of fused-ring (bicyclic) bond motifs is 1. The van der Waals surface area contributed by atoms with E-state index in [2.05, 4.69) is 35.6 Å². The van der Waals surface area contributed by atoms with Crippen molar-refractivity contribution in [3.8, 4) is 11.4 Å². The van der Waals surface area contributed by atoms with E-state index in [9.17, 15) is 15.0 Å². The molecular weight excluding hydrogens is 452 g/mol. The highest BCUT2D eigenvalue weighted by atomic mass is 16.6. The van der Waals surface area contributed by atoms with Crippen LogP contribution in [0.25, 0.3) is 22.6 Å². The SMILES string of the molecule is CNC(=O)[C@@H]1OC(n2cnc3c(NCc4ccccn4)nc(-c4cncc(C)c4)nc32)C(O)C1O. The molecular formula is C23H24N8O4. The van der Waals surface area contributed by atoms with Crippen LogP contribution in [0.3, 0.4) is 0 Å². The minimum Gasteiger partial charge on any atom is -0.387 e. The van der Waals surface area contributed by atoms with Crippen molar-refractivity contribution in [2.24, 2.45) is 0 Å². The Labute approximate surface area is 200 Å². The van der Waals surface area contributed by atoms with Gasteiger partial charge in [-0.15, -0.1) is 0 Å². The van der Waals surface area contributed by atoms with E-state index < -0.39 is 30.4 Å². The van der Waals surface area contributed by atoms with Crippen molar-refractivity contribution in [1.29, 1.82) is 0 Å². The van der Waals surface area contributed by atoms with Crippen molar-refractivity contribution in [1.82, 2.24) is 34.8 Å². The van der Waals surface area contributed by atoms with Gasteiger partial charge >= 0.3 is 0 Å². The van der Waals surface area contributed by atoms with Gasteiger partial charge in [-0.2, -0.15) is 0 Å². The minimum atomic E-state index is -1.42. The van der Waals surface area contributed by atoms with E-state index in [0.717, 1.165) is 11.3 Å². The standard InChI is InChI=1S/C23H24N8O4/c1-12-7-13(9-25-8-12)19-29-20(27-10-14-5-3-4-6-26-14)15-21(30-19)31(11-28-15)23-17(33)16(32)18(35-23)22(34)24-2/h3-9,11,16-18,23,32-33H,10H2,1-2H3,(H,24,34)(H,27,29,30)/t16?,17?,18-,23?/m1/s1. The van der Waals surface area contributed by atoms with E-state index in [-0.39, 0.29) is 0 Å². The molecule has 1 amide bonds. The van der Waals surface area contributed by atoms with Crippen LogP contribution in [0.1, 0.15) is 17.5 Å². The second kappa shape index (κ2) is 9.33. The van der Waals surface area contributed by atoms with Gasteiger partial charge in [0, 0.05) is 31.2 Å². The molecule has 3 unspecified atom stereocenters. The fourth-order valence-electron chi connectivity index (χ4n) is 3.96. The predicted molar refractivity (Wildman–Crippen MR) is 125 cm³/mol. The van der Waals surface area contributed by atoms with Gasteiger partial charge in [0.15, 0.2) is 35.1 Å². The summed E-state index contributed by atoms with van der Waals surface area (Å²) in [4.78, 5) is 34.5. The number of hydrogen-bond acceptors (Lipinski definition) is 10. The zero-order valence-corrected chi connectivity index (χ0v) is 19.0. The topological polar surface area (TPSA) is 160 Å². The largest absolute Gasteiger partial charge is 0.387 e. The van der Waals surface area contributed by atoms with Crippen LogP contribution in [0.4, 0.5) is 5.82 Å². The van der Waals surface area contributed by atoms with Crippen molar-refractivity contribution < 1.29 is 19.7 Å². The Hall–Kier alpha value is -4.00. The molecule has 1 aliphatic heterocycles. The average molecular weight is 476 g/mol. The summed E-state index contributed by atoms with van der Waals surface area (Å²) in [6.07, 6.45) is 1.43. The Morgan fingerprint density at radius 1 is 1.17 bits per heavy atom. The molecule has 0 spiro atoms. The molecule has 0 saturated carbocycles. The van der Waals surface area contributed by atoms with Crippen molar-refractivity contribution in [2.45, 2.75) is 38.0 Å². The number of carbonyl (C=O) groups excluding carboxylic acids is 1. The maximum absolute atomic E-state index is 12.1. The summed E-state index contributed by atoms with van der Waals surface area (Å²) < 4.78 is 7.23. The van der Waals surface area contributed by atoms with Crippen molar-refractivity contribution in [3.05, 3.63) is 60.4 Å². The van der Waals surface area contributed by atoms with E-state index in [4.69, 9.17) is 4.74 Å². The fourth-order valence-corrected chi connectivity index (χ4v) is 3.96. The molecule has 5 heterocycles. The number of hydrogen-bond donors (Lipinski definition) is 4. The number of aryl methyl sites for hydroxylation is 1. The van der Waals surface area contributed by atoms with E-state index >= 15 is 0 Å². The highest BCUT2D eigenvalue weighted by Gasteiger charge is 2.47. The Bertz CT molecular complexity index is 1360. The first-order valence-electron chi connectivity index (χ1n) is 11.0. The first-order chi connectivity index (χ1) is 17.0. The van der Waals surface area contributed by atoms with Gasteiger partial charge < -0.3 is 25.6 Å². The van der Waals surface area contributed by atoms with E-state index in [1.807, 2.05) is 31.2 Å². The minimum absolute atomic E-state index is 0.355. The number of likely N-dealkylation sites (N-methyl/N-ethyl adjacent to an activating group) is 1. The molecule has 5 rings (SSSR count). The first-order valence-corrected chi connectivity index (χ1v) is 11.0. The zero-order chi connectivity index (χ0) is 24.5. The third kappa shape index (κ3) is 4.30. The van der Waals surface area contributed by atoms with Gasteiger partial charge in [-0.1, -0.05) is 6.07 Å². The summed E-state index contributed by atoms with van der Waals surface area (Å²) in [6, 6.07) is 7.53. The summed E-state index contributed by atoms with van der Waals surface area (Å²) in [5.74, 6) is 0.295. The van der Waals surface area contributed by atoms with Crippen molar-refractivity contribution in [2.75, 3.05) is 12.4 Å². The predicted octanol–water partition coefficient (Wildman–Crippen LogP) is 0.569. The Morgan fingerprint density at radius 3 is 2.77 bits per heavy atom. The van der Waals surface area contributed by atoms with Gasteiger partial charge in [0.2, 0.25) is 0 Å². The smallest absolute Gasteiger partial charge is 0.251 e. The number of carbonyl (C=O) groups is 1. The monoisotopic (exact) mass is 476 g/mol. The molecule has 35 heavy (non-hydrogen) atoms. The summed E-state index contributed by atoms with van der Waals surface area (Å²) >= 11 is 0. The number of nitrogens with one attached hydrogen (secondary N) is 2. The summed E-state index contributed by atoms with van der Waals surface area (Å²) in [5, 5.41) is 26.8. The lowest BCUT2D eigenvalue weighted by molar-refractivity contribution is -0.137. The number of pyridine rings is 2.